The van der Waals surface area contributed by atoms with Gasteiger partial charge in [-0.25, -0.2) is 0 Å². The Bertz CT molecular complexity index is 206. The molecule has 12 heavy (non-hydrogen) atoms. The molecule has 0 amide bonds. The molecular weight excluding hydrogens is 191 g/mol. The van der Waals surface area contributed by atoms with Gasteiger partial charge in [-0.1, -0.05) is 48.5 Å². The van der Waals surface area contributed by atoms with Gasteiger partial charge in [-0.05, 0) is 24.8 Å². The maximum Gasteiger partial charge on any atom is 0.146 e. The van der Waals surface area contributed by atoms with E-state index in [1.807, 2.05) is 0 Å². The van der Waals surface area contributed by atoms with Crippen molar-refractivity contribution in [3.8, 4) is 0 Å². The van der Waals surface area contributed by atoms with Gasteiger partial charge >= 0.3 is 0 Å². The summed E-state index contributed by atoms with van der Waals surface area (Å²) in [6, 6.07) is 0. The standard InChI is InChI=1S/C10H14Cl2/c11-10(12)8-6-4-2-1-3-5-7-9(8)10/h6,9H,1-5,7H2/b8-6+. The highest BCUT2D eigenvalue weighted by molar-refractivity contribution is 6.54. The third kappa shape index (κ3) is 1.52. The van der Waals surface area contributed by atoms with Crippen molar-refractivity contribution in [2.45, 2.75) is 42.9 Å². The fourth-order valence-corrected chi connectivity index (χ4v) is 2.84. The van der Waals surface area contributed by atoms with Gasteiger partial charge in [0.25, 0.3) is 0 Å². The largest absolute Gasteiger partial charge is 0.146 e. The summed E-state index contributed by atoms with van der Waals surface area (Å²) < 4.78 is -0.475. The molecule has 1 unspecified atom stereocenters. The Labute approximate surface area is 83.9 Å². The average Bonchev–Trinajstić information content (AvgIpc) is 2.56. The number of allylic oxidation sites excluding steroid dienone is 2. The first-order valence-electron chi connectivity index (χ1n) is 4.81. The number of alkyl halides is 2. The van der Waals surface area contributed by atoms with E-state index in [1.165, 1.54) is 44.1 Å². The van der Waals surface area contributed by atoms with Crippen molar-refractivity contribution >= 4 is 23.2 Å². The van der Waals surface area contributed by atoms with Gasteiger partial charge in [0, 0.05) is 5.92 Å². The van der Waals surface area contributed by atoms with Gasteiger partial charge in [-0.15, -0.1) is 0 Å². The van der Waals surface area contributed by atoms with E-state index in [9.17, 15) is 0 Å². The van der Waals surface area contributed by atoms with E-state index in [0.717, 1.165) is 0 Å². The van der Waals surface area contributed by atoms with Gasteiger partial charge < -0.3 is 0 Å². The zero-order valence-corrected chi connectivity index (χ0v) is 8.67. The van der Waals surface area contributed by atoms with Crippen LogP contribution >= 0.6 is 23.2 Å². The Morgan fingerprint density at radius 1 is 1.17 bits per heavy atom. The van der Waals surface area contributed by atoms with Crippen LogP contribution in [0.4, 0.5) is 0 Å². The third-order valence-corrected chi connectivity index (χ3v) is 3.89. The Hall–Kier alpha value is 0.320. The summed E-state index contributed by atoms with van der Waals surface area (Å²) in [7, 11) is 0. The van der Waals surface area contributed by atoms with Crippen molar-refractivity contribution < 1.29 is 0 Å². The number of hydrogen-bond acceptors (Lipinski definition) is 0. The first-order chi connectivity index (χ1) is 5.73. The maximum atomic E-state index is 6.11. The van der Waals surface area contributed by atoms with Gasteiger partial charge in [-0.2, -0.15) is 0 Å². The molecule has 2 heteroatoms. The highest BCUT2D eigenvalue weighted by Gasteiger charge is 2.56. The molecule has 1 fully saturated rings. The summed E-state index contributed by atoms with van der Waals surface area (Å²) in [4.78, 5) is 0. The second-order valence-electron chi connectivity index (χ2n) is 3.83. The van der Waals surface area contributed by atoms with Gasteiger partial charge in [0.2, 0.25) is 0 Å². The predicted octanol–water partition coefficient (Wildman–Crippen LogP) is 4.07. The van der Waals surface area contributed by atoms with Crippen molar-refractivity contribution in [2.75, 3.05) is 0 Å². The molecule has 68 valence electrons. The molecule has 0 aromatic carbocycles. The van der Waals surface area contributed by atoms with Crippen molar-refractivity contribution in [1.82, 2.24) is 0 Å². The van der Waals surface area contributed by atoms with E-state index >= 15 is 0 Å². The van der Waals surface area contributed by atoms with E-state index in [0.29, 0.717) is 5.92 Å². The molecule has 2 aliphatic carbocycles. The van der Waals surface area contributed by atoms with Crippen LogP contribution in [0.25, 0.3) is 0 Å². The molecule has 0 aromatic rings. The maximum absolute atomic E-state index is 6.11. The highest BCUT2D eigenvalue weighted by Crippen LogP contribution is 2.61. The van der Waals surface area contributed by atoms with Crippen molar-refractivity contribution in [3.63, 3.8) is 0 Å². The Kier molecular flexibility index (Phi) is 2.39. The van der Waals surface area contributed by atoms with Gasteiger partial charge in [0.15, 0.2) is 0 Å². The zero-order valence-electron chi connectivity index (χ0n) is 7.15. The molecule has 0 spiro atoms. The first kappa shape index (κ1) is 8.90. The molecular formula is C10H14Cl2. The summed E-state index contributed by atoms with van der Waals surface area (Å²) in [5.74, 6) is 0.485. The SMILES string of the molecule is ClC1(Cl)/C2=C/CCCCCCC21. The molecule has 0 nitrogen and oxygen atoms in total. The topological polar surface area (TPSA) is 0 Å². The minimum absolute atomic E-state index is 0.475. The number of fused-ring (bicyclic) bond motifs is 1. The quantitative estimate of drug-likeness (QED) is 0.413. The molecule has 0 saturated heterocycles. The van der Waals surface area contributed by atoms with Crippen LogP contribution in [0.1, 0.15) is 38.5 Å². The monoisotopic (exact) mass is 204 g/mol. The van der Waals surface area contributed by atoms with Crippen LogP contribution in [0.5, 0.6) is 0 Å². The van der Waals surface area contributed by atoms with E-state index in [-0.39, 0.29) is 0 Å². The molecule has 2 rings (SSSR count). The fourth-order valence-electron chi connectivity index (χ4n) is 2.07. The van der Waals surface area contributed by atoms with Gasteiger partial charge in [0.1, 0.15) is 4.33 Å². The van der Waals surface area contributed by atoms with Crippen LogP contribution in [0.2, 0.25) is 0 Å². The second-order valence-corrected chi connectivity index (χ2v) is 5.21. The molecule has 0 heterocycles. The molecule has 0 radical (unpaired) electrons. The summed E-state index contributed by atoms with van der Waals surface area (Å²) in [5.41, 5.74) is 1.30. The lowest BCUT2D eigenvalue weighted by atomic mass is 10.1. The van der Waals surface area contributed by atoms with Gasteiger partial charge in [0.05, 0.1) is 0 Å². The molecule has 0 bridgehead atoms. The predicted molar refractivity (Wildman–Crippen MR) is 53.7 cm³/mol. The smallest absolute Gasteiger partial charge is 0.0960 e. The third-order valence-electron chi connectivity index (χ3n) is 2.93. The van der Waals surface area contributed by atoms with E-state index in [4.69, 9.17) is 23.2 Å². The van der Waals surface area contributed by atoms with Crippen LogP contribution in [0, 0.1) is 5.92 Å². The lowest BCUT2D eigenvalue weighted by molar-refractivity contribution is 0.598. The zero-order chi connectivity index (χ0) is 8.60. The molecule has 1 atom stereocenters. The molecule has 0 N–H and O–H groups in total. The average molecular weight is 205 g/mol. The van der Waals surface area contributed by atoms with Crippen LogP contribution in [0.3, 0.4) is 0 Å². The van der Waals surface area contributed by atoms with E-state index in [2.05, 4.69) is 6.08 Å². The molecule has 2 aliphatic rings. The number of hydrogen-bond donors (Lipinski definition) is 0. The Morgan fingerprint density at radius 3 is 2.75 bits per heavy atom. The Balaban J connectivity index is 2.05. The summed E-state index contributed by atoms with van der Waals surface area (Å²) >= 11 is 12.2. The molecule has 0 aromatic heterocycles. The summed E-state index contributed by atoms with van der Waals surface area (Å²) in [5, 5.41) is 0. The van der Waals surface area contributed by atoms with Crippen molar-refractivity contribution in [3.05, 3.63) is 11.6 Å². The van der Waals surface area contributed by atoms with Crippen molar-refractivity contribution in [1.29, 1.82) is 0 Å². The van der Waals surface area contributed by atoms with Crippen LogP contribution < -0.4 is 0 Å². The lowest BCUT2D eigenvalue weighted by Crippen LogP contribution is -1.90. The molecule has 0 aliphatic heterocycles. The minimum atomic E-state index is -0.475. The molecule has 1 saturated carbocycles. The Morgan fingerprint density at radius 2 is 1.92 bits per heavy atom. The van der Waals surface area contributed by atoms with E-state index in [1.54, 1.807) is 0 Å². The summed E-state index contributed by atoms with van der Waals surface area (Å²) in [6.45, 7) is 0. The van der Waals surface area contributed by atoms with Crippen LogP contribution in [-0.4, -0.2) is 4.33 Å². The first-order valence-corrected chi connectivity index (χ1v) is 5.57. The summed E-state index contributed by atoms with van der Waals surface area (Å²) in [6.07, 6.45) is 9.95. The fraction of sp³-hybridized carbons (Fsp3) is 0.800. The second kappa shape index (κ2) is 3.23. The van der Waals surface area contributed by atoms with E-state index < -0.39 is 4.33 Å². The van der Waals surface area contributed by atoms with Gasteiger partial charge in [-0.3, -0.25) is 0 Å². The number of halogens is 2. The highest BCUT2D eigenvalue weighted by atomic mass is 35.5. The van der Waals surface area contributed by atoms with Crippen LogP contribution in [-0.2, 0) is 0 Å². The number of rotatable bonds is 0. The van der Waals surface area contributed by atoms with Crippen LogP contribution in [0.15, 0.2) is 11.6 Å². The lowest BCUT2D eigenvalue weighted by Gasteiger charge is -1.99. The minimum Gasteiger partial charge on any atom is -0.0960 e. The van der Waals surface area contributed by atoms with Crippen molar-refractivity contribution in [2.24, 2.45) is 5.92 Å². The normalized spacial score (nSPS) is 38.2.